The van der Waals surface area contributed by atoms with Crippen LogP contribution >= 0.6 is 0 Å². The summed E-state index contributed by atoms with van der Waals surface area (Å²) < 4.78 is 0. The van der Waals surface area contributed by atoms with Crippen LogP contribution in [-0.2, 0) is 5.54 Å². The molecule has 2 aliphatic rings. The lowest BCUT2D eigenvalue weighted by atomic mass is 9.78. The van der Waals surface area contributed by atoms with E-state index >= 15 is 0 Å². The standard InChI is InChI=1S/C18H27N/c1-14-7-9-15(10-8-14)16-5-4-6-17(13-16)18(19)11-2-3-12-18/h4-6,13-15H,2-3,7-12,19H2,1H3. The Hall–Kier alpha value is -0.820. The van der Waals surface area contributed by atoms with E-state index in [2.05, 4.69) is 31.2 Å². The molecule has 0 radical (unpaired) electrons. The Morgan fingerprint density at radius 2 is 1.74 bits per heavy atom. The first-order valence-electron chi connectivity index (χ1n) is 8.07. The Labute approximate surface area is 117 Å². The first-order valence-corrected chi connectivity index (χ1v) is 8.07. The second-order valence-electron chi connectivity index (χ2n) is 6.95. The fourth-order valence-corrected chi connectivity index (χ4v) is 3.99. The van der Waals surface area contributed by atoms with Crippen molar-refractivity contribution in [1.82, 2.24) is 0 Å². The van der Waals surface area contributed by atoms with Gasteiger partial charge in [-0.05, 0) is 48.6 Å². The van der Waals surface area contributed by atoms with E-state index in [-0.39, 0.29) is 5.54 Å². The number of hydrogen-bond acceptors (Lipinski definition) is 1. The van der Waals surface area contributed by atoms with Gasteiger partial charge in [0.25, 0.3) is 0 Å². The lowest BCUT2D eigenvalue weighted by molar-refractivity contribution is 0.347. The Bertz CT molecular complexity index is 423. The smallest absolute Gasteiger partial charge is 0.0409 e. The third kappa shape index (κ3) is 2.72. The van der Waals surface area contributed by atoms with Crippen LogP contribution in [0.15, 0.2) is 24.3 Å². The van der Waals surface area contributed by atoms with Crippen LogP contribution in [0.1, 0.15) is 75.3 Å². The highest BCUT2D eigenvalue weighted by molar-refractivity contribution is 5.32. The summed E-state index contributed by atoms with van der Waals surface area (Å²) in [6.07, 6.45) is 10.4. The van der Waals surface area contributed by atoms with Crippen molar-refractivity contribution >= 4 is 0 Å². The summed E-state index contributed by atoms with van der Waals surface area (Å²) in [5.74, 6) is 1.70. The van der Waals surface area contributed by atoms with Crippen molar-refractivity contribution in [2.45, 2.75) is 69.7 Å². The topological polar surface area (TPSA) is 26.0 Å². The number of rotatable bonds is 2. The van der Waals surface area contributed by atoms with Crippen molar-refractivity contribution in [3.63, 3.8) is 0 Å². The second-order valence-corrected chi connectivity index (χ2v) is 6.95. The Morgan fingerprint density at radius 3 is 2.42 bits per heavy atom. The molecular formula is C18H27N. The molecule has 0 aliphatic heterocycles. The summed E-state index contributed by atoms with van der Waals surface area (Å²) >= 11 is 0. The van der Waals surface area contributed by atoms with Crippen LogP contribution in [-0.4, -0.2) is 0 Å². The molecule has 0 heterocycles. The van der Waals surface area contributed by atoms with E-state index in [1.54, 1.807) is 5.56 Å². The number of hydrogen-bond donors (Lipinski definition) is 1. The fraction of sp³-hybridized carbons (Fsp3) is 0.667. The van der Waals surface area contributed by atoms with Crippen LogP contribution in [0.2, 0.25) is 0 Å². The fourth-order valence-electron chi connectivity index (χ4n) is 3.99. The molecule has 0 spiro atoms. The molecule has 0 amide bonds. The van der Waals surface area contributed by atoms with Gasteiger partial charge < -0.3 is 5.73 Å². The van der Waals surface area contributed by atoms with Crippen LogP contribution < -0.4 is 5.73 Å². The van der Waals surface area contributed by atoms with Crippen LogP contribution in [0.3, 0.4) is 0 Å². The predicted octanol–water partition coefficient (Wildman–Crippen LogP) is 4.71. The first-order chi connectivity index (χ1) is 9.17. The van der Waals surface area contributed by atoms with E-state index in [1.807, 2.05) is 0 Å². The van der Waals surface area contributed by atoms with E-state index in [1.165, 1.54) is 44.1 Å². The summed E-state index contributed by atoms with van der Waals surface area (Å²) in [5.41, 5.74) is 9.50. The maximum Gasteiger partial charge on any atom is 0.0409 e. The summed E-state index contributed by atoms with van der Waals surface area (Å²) in [6.45, 7) is 2.39. The number of nitrogens with two attached hydrogens (primary N) is 1. The molecule has 2 saturated carbocycles. The summed E-state index contributed by atoms with van der Waals surface area (Å²) in [7, 11) is 0. The van der Waals surface area contributed by atoms with Crippen LogP contribution in [0.25, 0.3) is 0 Å². The summed E-state index contributed by atoms with van der Waals surface area (Å²) in [5, 5.41) is 0. The van der Waals surface area contributed by atoms with E-state index < -0.39 is 0 Å². The molecule has 19 heavy (non-hydrogen) atoms. The van der Waals surface area contributed by atoms with Gasteiger partial charge >= 0.3 is 0 Å². The zero-order chi connectivity index (χ0) is 13.3. The van der Waals surface area contributed by atoms with Crippen LogP contribution in [0.4, 0.5) is 0 Å². The quantitative estimate of drug-likeness (QED) is 0.816. The molecule has 1 aromatic rings. The maximum absolute atomic E-state index is 6.60. The van der Waals surface area contributed by atoms with Gasteiger partial charge in [0.1, 0.15) is 0 Å². The Kier molecular flexibility index (Phi) is 3.66. The van der Waals surface area contributed by atoms with Crippen molar-refractivity contribution in [3.8, 4) is 0 Å². The predicted molar refractivity (Wildman–Crippen MR) is 81.1 cm³/mol. The van der Waals surface area contributed by atoms with Gasteiger partial charge in [-0.2, -0.15) is 0 Å². The molecule has 1 nitrogen and oxygen atoms in total. The molecule has 0 unspecified atom stereocenters. The van der Waals surface area contributed by atoms with Crippen molar-refractivity contribution in [2.24, 2.45) is 11.7 Å². The molecule has 2 fully saturated rings. The van der Waals surface area contributed by atoms with E-state index in [0.717, 1.165) is 24.7 Å². The Balaban J connectivity index is 1.80. The van der Waals surface area contributed by atoms with Crippen LogP contribution in [0.5, 0.6) is 0 Å². The zero-order valence-electron chi connectivity index (χ0n) is 12.2. The van der Waals surface area contributed by atoms with Crippen molar-refractivity contribution in [1.29, 1.82) is 0 Å². The molecule has 3 rings (SSSR count). The van der Waals surface area contributed by atoms with Gasteiger partial charge in [0, 0.05) is 5.54 Å². The van der Waals surface area contributed by atoms with Gasteiger partial charge in [-0.1, -0.05) is 56.9 Å². The van der Waals surface area contributed by atoms with E-state index in [4.69, 9.17) is 5.73 Å². The third-order valence-electron chi connectivity index (χ3n) is 5.44. The lowest BCUT2D eigenvalue weighted by Crippen LogP contribution is -2.33. The highest BCUT2D eigenvalue weighted by atomic mass is 14.8. The molecular weight excluding hydrogens is 230 g/mol. The highest BCUT2D eigenvalue weighted by Crippen LogP contribution is 2.39. The summed E-state index contributed by atoms with van der Waals surface area (Å²) in [6, 6.07) is 9.23. The normalized spacial score (nSPS) is 30.4. The molecule has 1 heteroatoms. The lowest BCUT2D eigenvalue weighted by Gasteiger charge is -2.29. The van der Waals surface area contributed by atoms with E-state index in [9.17, 15) is 0 Å². The van der Waals surface area contributed by atoms with Gasteiger partial charge in [0.15, 0.2) is 0 Å². The summed E-state index contributed by atoms with van der Waals surface area (Å²) in [4.78, 5) is 0. The maximum atomic E-state index is 6.60. The largest absolute Gasteiger partial charge is 0.321 e. The average molecular weight is 257 g/mol. The van der Waals surface area contributed by atoms with Gasteiger partial charge in [-0.25, -0.2) is 0 Å². The molecule has 0 atom stereocenters. The zero-order valence-corrected chi connectivity index (χ0v) is 12.2. The highest BCUT2D eigenvalue weighted by Gasteiger charge is 2.31. The molecule has 0 saturated heterocycles. The third-order valence-corrected chi connectivity index (χ3v) is 5.44. The second kappa shape index (κ2) is 5.28. The minimum atomic E-state index is -0.0298. The minimum absolute atomic E-state index is 0.0298. The average Bonchev–Trinajstić information content (AvgIpc) is 2.88. The van der Waals surface area contributed by atoms with Gasteiger partial charge in [0.05, 0.1) is 0 Å². The SMILES string of the molecule is CC1CCC(c2cccc(C3(N)CCCC3)c2)CC1. The molecule has 0 bridgehead atoms. The van der Waals surface area contributed by atoms with Gasteiger partial charge in [-0.3, -0.25) is 0 Å². The van der Waals surface area contributed by atoms with Crippen molar-refractivity contribution in [2.75, 3.05) is 0 Å². The molecule has 1 aromatic carbocycles. The molecule has 2 N–H and O–H groups in total. The van der Waals surface area contributed by atoms with Crippen LogP contribution in [0, 0.1) is 5.92 Å². The minimum Gasteiger partial charge on any atom is -0.321 e. The first kappa shape index (κ1) is 13.2. The van der Waals surface area contributed by atoms with Crippen molar-refractivity contribution < 1.29 is 0 Å². The van der Waals surface area contributed by atoms with Crippen molar-refractivity contribution in [3.05, 3.63) is 35.4 Å². The monoisotopic (exact) mass is 257 g/mol. The van der Waals surface area contributed by atoms with Gasteiger partial charge in [-0.15, -0.1) is 0 Å². The van der Waals surface area contributed by atoms with Gasteiger partial charge in [0.2, 0.25) is 0 Å². The molecule has 0 aromatic heterocycles. The Morgan fingerprint density at radius 1 is 1.05 bits per heavy atom. The van der Waals surface area contributed by atoms with E-state index in [0.29, 0.717) is 0 Å². The number of benzene rings is 1. The molecule has 2 aliphatic carbocycles. The molecule has 104 valence electrons.